The number of aliphatic hydroxyl groups is 1. The van der Waals surface area contributed by atoms with Gasteiger partial charge in [-0.15, -0.1) is 11.3 Å². The topological polar surface area (TPSA) is 32.7 Å². The first-order valence-electron chi connectivity index (χ1n) is 7.10. The summed E-state index contributed by atoms with van der Waals surface area (Å²) < 4.78 is 5.63. The van der Waals surface area contributed by atoms with Gasteiger partial charge in [0.1, 0.15) is 0 Å². The highest BCUT2D eigenvalue weighted by atomic mass is 32.1. The first-order valence-corrected chi connectivity index (χ1v) is 7.98. The van der Waals surface area contributed by atoms with Crippen LogP contribution in [0.1, 0.15) is 36.6 Å². The van der Waals surface area contributed by atoms with Crippen LogP contribution in [0.15, 0.2) is 11.4 Å². The van der Waals surface area contributed by atoms with Crippen LogP contribution in [0, 0.1) is 11.8 Å². The van der Waals surface area contributed by atoms with Crippen molar-refractivity contribution in [3.8, 4) is 11.8 Å². The lowest BCUT2D eigenvalue weighted by Gasteiger charge is -2.39. The van der Waals surface area contributed by atoms with Crippen LogP contribution in [0.3, 0.4) is 0 Å². The summed E-state index contributed by atoms with van der Waals surface area (Å²) in [6, 6.07) is 2.16. The van der Waals surface area contributed by atoms with Gasteiger partial charge in [-0.05, 0) is 32.4 Å². The quantitative estimate of drug-likeness (QED) is 0.866. The molecule has 20 heavy (non-hydrogen) atoms. The zero-order chi connectivity index (χ0) is 14.4. The lowest BCUT2D eigenvalue weighted by molar-refractivity contribution is -0.0524. The Morgan fingerprint density at radius 1 is 1.55 bits per heavy atom. The van der Waals surface area contributed by atoms with Crippen molar-refractivity contribution in [3.05, 3.63) is 21.9 Å². The highest BCUT2D eigenvalue weighted by Gasteiger charge is 2.30. The van der Waals surface area contributed by atoms with Crippen LogP contribution in [0.2, 0.25) is 0 Å². The van der Waals surface area contributed by atoms with Gasteiger partial charge in [0.25, 0.3) is 0 Å². The summed E-state index contributed by atoms with van der Waals surface area (Å²) in [4.78, 5) is 3.81. The lowest BCUT2D eigenvalue weighted by Crippen LogP contribution is -2.46. The molecule has 0 spiro atoms. The van der Waals surface area contributed by atoms with Crippen molar-refractivity contribution in [2.45, 2.75) is 38.3 Å². The van der Waals surface area contributed by atoms with E-state index in [-0.39, 0.29) is 12.2 Å². The molecule has 2 heterocycles. The second-order valence-electron chi connectivity index (χ2n) is 5.55. The molecule has 0 amide bonds. The van der Waals surface area contributed by atoms with Crippen molar-refractivity contribution >= 4 is 11.3 Å². The first-order chi connectivity index (χ1) is 9.65. The van der Waals surface area contributed by atoms with E-state index in [1.54, 1.807) is 11.3 Å². The normalized spacial score (nSPS) is 23.4. The third-order valence-corrected chi connectivity index (χ3v) is 4.66. The van der Waals surface area contributed by atoms with Gasteiger partial charge >= 0.3 is 0 Å². The van der Waals surface area contributed by atoms with E-state index in [1.807, 2.05) is 7.11 Å². The van der Waals surface area contributed by atoms with Gasteiger partial charge in [-0.3, -0.25) is 4.90 Å². The minimum atomic E-state index is -0.000723. The van der Waals surface area contributed by atoms with Crippen LogP contribution in [0.4, 0.5) is 0 Å². The fourth-order valence-corrected chi connectivity index (χ4v) is 3.44. The summed E-state index contributed by atoms with van der Waals surface area (Å²) in [5, 5.41) is 10.8. The highest BCUT2D eigenvalue weighted by Crippen LogP contribution is 2.26. The summed E-state index contributed by atoms with van der Waals surface area (Å²) in [6.45, 7) is 5.44. The molecule has 3 nitrogen and oxygen atoms in total. The minimum Gasteiger partial charge on any atom is -0.395 e. The largest absolute Gasteiger partial charge is 0.395 e. The Morgan fingerprint density at radius 3 is 3.15 bits per heavy atom. The van der Waals surface area contributed by atoms with Crippen LogP contribution < -0.4 is 0 Å². The van der Waals surface area contributed by atoms with Crippen LogP contribution >= 0.6 is 11.3 Å². The van der Waals surface area contributed by atoms with Gasteiger partial charge in [0.05, 0.1) is 12.2 Å². The number of aliphatic hydroxyl groups excluding tert-OH is 1. The maximum Gasteiger partial charge on any atom is 0.0777 e. The van der Waals surface area contributed by atoms with E-state index in [0.29, 0.717) is 6.42 Å². The first kappa shape index (κ1) is 15.5. The van der Waals surface area contributed by atoms with E-state index in [4.69, 9.17) is 9.84 Å². The fraction of sp³-hybridized carbons (Fsp3) is 0.625. The Labute approximate surface area is 125 Å². The summed E-state index contributed by atoms with van der Waals surface area (Å²) in [7, 11) is 1.81. The van der Waals surface area contributed by atoms with Gasteiger partial charge in [0, 0.05) is 42.4 Å². The van der Waals surface area contributed by atoms with Crippen molar-refractivity contribution in [2.24, 2.45) is 0 Å². The molecule has 1 saturated heterocycles. The number of thiophene rings is 1. The molecule has 0 saturated carbocycles. The van der Waals surface area contributed by atoms with Crippen LogP contribution in [0.25, 0.3) is 0 Å². The smallest absolute Gasteiger partial charge is 0.0777 e. The average Bonchev–Trinajstić information content (AvgIpc) is 2.87. The molecule has 0 bridgehead atoms. The zero-order valence-electron chi connectivity index (χ0n) is 12.3. The molecule has 1 aromatic heterocycles. The third kappa shape index (κ3) is 4.32. The summed E-state index contributed by atoms with van der Waals surface area (Å²) in [6.07, 6.45) is 2.88. The van der Waals surface area contributed by atoms with Crippen molar-refractivity contribution in [2.75, 3.05) is 26.8 Å². The molecule has 110 valence electrons. The predicted molar refractivity (Wildman–Crippen MR) is 82.8 cm³/mol. The Kier molecular flexibility index (Phi) is 5.62. The molecule has 0 aromatic carbocycles. The molecule has 2 rings (SSSR count). The van der Waals surface area contributed by atoms with E-state index < -0.39 is 0 Å². The number of piperidine rings is 1. The molecule has 1 aliphatic rings. The molecular formula is C16H23NO2S. The van der Waals surface area contributed by atoms with E-state index in [1.165, 1.54) is 11.3 Å². The number of nitrogens with zero attached hydrogens (tertiary/aromatic N) is 1. The van der Waals surface area contributed by atoms with Crippen molar-refractivity contribution in [1.82, 2.24) is 4.90 Å². The maximum absolute atomic E-state index is 8.72. The highest BCUT2D eigenvalue weighted by molar-refractivity contribution is 7.10. The molecular weight excluding hydrogens is 270 g/mol. The van der Waals surface area contributed by atoms with E-state index in [0.717, 1.165) is 31.6 Å². The molecule has 1 fully saturated rings. The Balaban J connectivity index is 1.92. The van der Waals surface area contributed by atoms with Crippen LogP contribution in [-0.2, 0) is 11.3 Å². The number of hydrogen-bond donors (Lipinski definition) is 1. The molecule has 4 heteroatoms. The van der Waals surface area contributed by atoms with Crippen molar-refractivity contribution in [3.63, 3.8) is 0 Å². The Hall–Kier alpha value is -0.860. The number of methoxy groups -OCH3 is 1. The zero-order valence-corrected chi connectivity index (χ0v) is 13.1. The van der Waals surface area contributed by atoms with E-state index in [2.05, 4.69) is 35.1 Å². The van der Waals surface area contributed by atoms with Crippen molar-refractivity contribution < 1.29 is 9.84 Å². The second-order valence-corrected chi connectivity index (χ2v) is 6.54. The molecule has 1 unspecified atom stereocenters. The number of hydrogen-bond acceptors (Lipinski definition) is 4. The summed E-state index contributed by atoms with van der Waals surface area (Å²) in [5.41, 5.74) is 1.06. The predicted octanol–water partition coefficient (Wildman–Crippen LogP) is 2.48. The SMILES string of the molecule is COC1(C)CCCN(Cc2cc(C#CCCO)cs2)C1. The standard InChI is InChI=1S/C16H23NO2S/c1-16(19-2)7-5-8-17(13-16)11-15-10-14(12-20-15)6-3-4-9-18/h10,12,18H,4-5,7-9,11,13H2,1-2H3. The van der Waals surface area contributed by atoms with Gasteiger partial charge < -0.3 is 9.84 Å². The fourth-order valence-electron chi connectivity index (χ4n) is 2.58. The third-order valence-electron chi connectivity index (χ3n) is 3.73. The minimum absolute atomic E-state index is 0.000723. The van der Waals surface area contributed by atoms with Crippen molar-refractivity contribution in [1.29, 1.82) is 0 Å². The van der Waals surface area contributed by atoms with Crippen LogP contribution in [-0.4, -0.2) is 42.4 Å². The Bertz CT molecular complexity index is 488. The molecule has 1 N–H and O–H groups in total. The second kappa shape index (κ2) is 7.24. The lowest BCUT2D eigenvalue weighted by atomic mass is 9.95. The number of ether oxygens (including phenoxy) is 1. The molecule has 0 aliphatic carbocycles. The van der Waals surface area contributed by atoms with Gasteiger partial charge in [0.2, 0.25) is 0 Å². The van der Waals surface area contributed by atoms with Crippen LogP contribution in [0.5, 0.6) is 0 Å². The molecule has 0 radical (unpaired) electrons. The monoisotopic (exact) mass is 293 g/mol. The summed E-state index contributed by atoms with van der Waals surface area (Å²) in [5.74, 6) is 6.05. The van der Waals surface area contributed by atoms with Gasteiger partial charge in [-0.2, -0.15) is 0 Å². The number of rotatable bonds is 4. The van der Waals surface area contributed by atoms with Gasteiger partial charge in [-0.25, -0.2) is 0 Å². The summed E-state index contributed by atoms with van der Waals surface area (Å²) >= 11 is 1.76. The average molecular weight is 293 g/mol. The molecule has 1 aromatic rings. The number of likely N-dealkylation sites (tertiary alicyclic amines) is 1. The van der Waals surface area contributed by atoms with E-state index in [9.17, 15) is 0 Å². The van der Waals surface area contributed by atoms with Gasteiger partial charge in [-0.1, -0.05) is 11.8 Å². The maximum atomic E-state index is 8.72. The van der Waals surface area contributed by atoms with E-state index >= 15 is 0 Å². The Morgan fingerprint density at radius 2 is 2.40 bits per heavy atom. The molecule has 1 aliphatic heterocycles. The molecule has 1 atom stereocenters. The van der Waals surface area contributed by atoms with Gasteiger partial charge in [0.15, 0.2) is 0 Å².